The van der Waals surface area contributed by atoms with Crippen LogP contribution in [0.15, 0.2) is 0 Å². The number of hydrogen-bond acceptors (Lipinski definition) is 5. The Morgan fingerprint density at radius 2 is 1.93 bits per heavy atom. The summed E-state index contributed by atoms with van der Waals surface area (Å²) >= 11 is 0. The molecule has 0 aliphatic carbocycles. The van der Waals surface area contributed by atoms with Gasteiger partial charge in [-0.15, -0.1) is 0 Å². The lowest BCUT2D eigenvalue weighted by molar-refractivity contribution is -0.120. The van der Waals surface area contributed by atoms with Crippen LogP contribution in [-0.2, 0) is 9.53 Å². The van der Waals surface area contributed by atoms with Gasteiger partial charge in [0, 0.05) is 13.0 Å². The van der Waals surface area contributed by atoms with Gasteiger partial charge >= 0.3 is 0 Å². The molecule has 1 heterocycles. The maximum absolute atomic E-state index is 10.8. The fourth-order valence-corrected chi connectivity index (χ4v) is 1.65. The van der Waals surface area contributed by atoms with Crippen molar-refractivity contribution in [3.63, 3.8) is 0 Å². The predicted octanol–water partition coefficient (Wildman–Crippen LogP) is -1.33. The summed E-state index contributed by atoms with van der Waals surface area (Å²) < 4.78 is 5.35. The van der Waals surface area contributed by atoms with Crippen molar-refractivity contribution in [2.75, 3.05) is 13.6 Å². The first kappa shape index (κ1) is 11.6. The monoisotopic (exact) mass is 203 g/mol. The summed E-state index contributed by atoms with van der Waals surface area (Å²) in [7, 11) is 1.74. The molecule has 0 radical (unpaired) electrons. The number of carbonyl (C=O) groups is 1. The summed E-state index contributed by atoms with van der Waals surface area (Å²) in [5.41, 5.74) is 0. The van der Waals surface area contributed by atoms with Gasteiger partial charge in [-0.25, -0.2) is 0 Å². The van der Waals surface area contributed by atoms with Crippen LogP contribution in [0.2, 0.25) is 0 Å². The van der Waals surface area contributed by atoms with Crippen molar-refractivity contribution in [3.8, 4) is 0 Å². The van der Waals surface area contributed by atoms with Gasteiger partial charge in [0.2, 0.25) is 0 Å². The molecule has 5 heteroatoms. The van der Waals surface area contributed by atoms with E-state index in [2.05, 4.69) is 5.32 Å². The second-order valence-corrected chi connectivity index (χ2v) is 3.66. The van der Waals surface area contributed by atoms with Crippen LogP contribution in [0.4, 0.5) is 0 Å². The summed E-state index contributed by atoms with van der Waals surface area (Å²) in [5.74, 6) is -0.0497. The molecule has 5 nitrogen and oxygen atoms in total. The summed E-state index contributed by atoms with van der Waals surface area (Å²) in [4.78, 5) is 10.8. The van der Waals surface area contributed by atoms with Gasteiger partial charge in [-0.1, -0.05) is 0 Å². The van der Waals surface area contributed by atoms with Crippen LogP contribution in [0.1, 0.15) is 13.3 Å². The van der Waals surface area contributed by atoms with Crippen LogP contribution in [0.5, 0.6) is 0 Å². The number of Topliss-reactive ketones (excluding diaryl/α,β-unsaturated/α-hetero) is 1. The molecule has 0 saturated carbocycles. The normalized spacial score (nSPS) is 37.4. The molecule has 0 bridgehead atoms. The molecule has 3 N–H and O–H groups in total. The Bertz CT molecular complexity index is 209. The first-order valence-corrected chi connectivity index (χ1v) is 4.72. The van der Waals surface area contributed by atoms with Gasteiger partial charge in [0.25, 0.3) is 0 Å². The van der Waals surface area contributed by atoms with Crippen molar-refractivity contribution in [2.24, 2.45) is 0 Å². The molecule has 3 unspecified atom stereocenters. The molecule has 82 valence electrons. The van der Waals surface area contributed by atoms with Crippen molar-refractivity contribution in [1.29, 1.82) is 0 Å². The molecular weight excluding hydrogens is 186 g/mol. The van der Waals surface area contributed by atoms with Crippen molar-refractivity contribution in [1.82, 2.24) is 5.32 Å². The molecular formula is C9H17NO4. The van der Waals surface area contributed by atoms with E-state index in [4.69, 9.17) is 4.74 Å². The SMILES string of the molecule is CNC[C@H]1OC(CC(C)=O)C(O)C1O. The number of aliphatic hydroxyl groups is 2. The molecule has 0 aromatic heterocycles. The molecule has 1 fully saturated rings. The van der Waals surface area contributed by atoms with Gasteiger partial charge in [-0.2, -0.15) is 0 Å². The Labute approximate surface area is 83.1 Å². The third-order valence-corrected chi connectivity index (χ3v) is 2.36. The van der Waals surface area contributed by atoms with E-state index >= 15 is 0 Å². The smallest absolute Gasteiger partial charge is 0.132 e. The second-order valence-electron chi connectivity index (χ2n) is 3.66. The van der Waals surface area contributed by atoms with E-state index < -0.39 is 24.4 Å². The van der Waals surface area contributed by atoms with Crippen LogP contribution in [0.25, 0.3) is 0 Å². The molecule has 0 spiro atoms. The highest BCUT2D eigenvalue weighted by Crippen LogP contribution is 2.23. The van der Waals surface area contributed by atoms with Crippen LogP contribution < -0.4 is 5.32 Å². The number of hydrogen-bond donors (Lipinski definition) is 3. The lowest BCUT2D eigenvalue weighted by Gasteiger charge is -2.13. The lowest BCUT2D eigenvalue weighted by Crippen LogP contribution is -2.37. The fourth-order valence-electron chi connectivity index (χ4n) is 1.65. The summed E-state index contributed by atoms with van der Waals surface area (Å²) in [6.07, 6.45) is -2.72. The van der Waals surface area contributed by atoms with E-state index in [1.54, 1.807) is 7.05 Å². The first-order chi connectivity index (χ1) is 6.56. The average Bonchev–Trinajstić information content (AvgIpc) is 2.34. The van der Waals surface area contributed by atoms with Gasteiger partial charge in [0.15, 0.2) is 0 Å². The van der Waals surface area contributed by atoms with E-state index in [1.165, 1.54) is 6.92 Å². The second kappa shape index (κ2) is 4.84. The number of nitrogens with one attached hydrogen (secondary N) is 1. The maximum Gasteiger partial charge on any atom is 0.132 e. The minimum Gasteiger partial charge on any atom is -0.388 e. The zero-order valence-electron chi connectivity index (χ0n) is 8.43. The highest BCUT2D eigenvalue weighted by molar-refractivity contribution is 5.76. The Kier molecular flexibility index (Phi) is 4.00. The van der Waals surface area contributed by atoms with Gasteiger partial charge in [-0.3, -0.25) is 4.79 Å². The number of likely N-dealkylation sites (N-methyl/N-ethyl adjacent to an activating group) is 1. The molecule has 1 rings (SSSR count). The third kappa shape index (κ3) is 2.51. The quantitative estimate of drug-likeness (QED) is 0.528. The molecule has 1 saturated heterocycles. The molecule has 4 atom stereocenters. The van der Waals surface area contributed by atoms with E-state index in [0.29, 0.717) is 6.54 Å². The number of carbonyl (C=O) groups excluding carboxylic acids is 1. The summed E-state index contributed by atoms with van der Waals surface area (Å²) in [5, 5.41) is 21.9. The molecule has 1 aliphatic heterocycles. The van der Waals surface area contributed by atoms with Crippen LogP contribution in [-0.4, -0.2) is 54.0 Å². The van der Waals surface area contributed by atoms with E-state index in [0.717, 1.165) is 0 Å². The number of aliphatic hydroxyl groups excluding tert-OH is 2. The van der Waals surface area contributed by atoms with Crippen LogP contribution in [0.3, 0.4) is 0 Å². The Hall–Kier alpha value is -0.490. The van der Waals surface area contributed by atoms with Crippen LogP contribution >= 0.6 is 0 Å². The highest BCUT2D eigenvalue weighted by Gasteiger charge is 2.42. The van der Waals surface area contributed by atoms with Crippen molar-refractivity contribution in [3.05, 3.63) is 0 Å². The van der Waals surface area contributed by atoms with E-state index in [-0.39, 0.29) is 12.2 Å². The van der Waals surface area contributed by atoms with Crippen LogP contribution in [0, 0.1) is 0 Å². The standard InChI is InChI=1S/C9H17NO4/c1-5(11)3-6-8(12)9(13)7(14-6)4-10-2/h6-10,12-13H,3-4H2,1-2H3/t6?,7-,8?,9?/m1/s1. The van der Waals surface area contributed by atoms with Gasteiger partial charge in [0.05, 0.1) is 12.2 Å². The fraction of sp³-hybridized carbons (Fsp3) is 0.889. The largest absolute Gasteiger partial charge is 0.388 e. The first-order valence-electron chi connectivity index (χ1n) is 4.72. The molecule has 1 aliphatic rings. The highest BCUT2D eigenvalue weighted by atomic mass is 16.5. The predicted molar refractivity (Wildman–Crippen MR) is 49.9 cm³/mol. The lowest BCUT2D eigenvalue weighted by atomic mass is 10.0. The van der Waals surface area contributed by atoms with E-state index in [9.17, 15) is 15.0 Å². The van der Waals surface area contributed by atoms with Crippen molar-refractivity contribution in [2.45, 2.75) is 37.8 Å². The number of rotatable bonds is 4. The zero-order valence-corrected chi connectivity index (χ0v) is 8.43. The molecule has 14 heavy (non-hydrogen) atoms. The molecule has 0 amide bonds. The average molecular weight is 203 g/mol. The molecule has 0 aromatic rings. The van der Waals surface area contributed by atoms with Crippen molar-refractivity contribution >= 4 is 5.78 Å². The maximum atomic E-state index is 10.8. The number of ketones is 1. The van der Waals surface area contributed by atoms with Crippen molar-refractivity contribution < 1.29 is 19.7 Å². The number of ether oxygens (including phenoxy) is 1. The van der Waals surface area contributed by atoms with Gasteiger partial charge < -0.3 is 20.3 Å². The summed E-state index contributed by atoms with van der Waals surface area (Å²) in [6.45, 7) is 1.90. The Morgan fingerprint density at radius 3 is 2.43 bits per heavy atom. The minimum absolute atomic E-state index is 0.0497. The Balaban J connectivity index is 2.52. The zero-order chi connectivity index (χ0) is 10.7. The topological polar surface area (TPSA) is 78.8 Å². The third-order valence-electron chi connectivity index (χ3n) is 2.36. The molecule has 0 aromatic carbocycles. The van der Waals surface area contributed by atoms with E-state index in [1.807, 2.05) is 0 Å². The van der Waals surface area contributed by atoms with Gasteiger partial charge in [0.1, 0.15) is 18.0 Å². The summed E-state index contributed by atoms with van der Waals surface area (Å²) in [6, 6.07) is 0. The minimum atomic E-state index is -0.961. The Morgan fingerprint density at radius 1 is 1.36 bits per heavy atom. The van der Waals surface area contributed by atoms with Gasteiger partial charge in [-0.05, 0) is 14.0 Å².